The lowest BCUT2D eigenvalue weighted by Gasteiger charge is -2.55. The summed E-state index contributed by atoms with van der Waals surface area (Å²) in [6.45, 7) is 29.7. The molecule has 52 heavy (non-hydrogen) atoms. The van der Waals surface area contributed by atoms with E-state index in [0.717, 1.165) is 42.1 Å². The van der Waals surface area contributed by atoms with Crippen molar-refractivity contribution >= 4 is 16.6 Å². The minimum Gasteiger partial charge on any atom is -0.497 e. The Morgan fingerprint density at radius 2 is 1.31 bits per heavy atom. The standard InChI is InChI=1S/C42H70O8Si2/c1-30(26-47-51(11,12)40(2,3)4)23-36-37(50-52(13,14)41(5,6)7)25-42(8)39(48-36)24-35(46-28-32-17-21-34(44-10)22-18-32)38(49-42)29-45-27-31-15-19-33(43-9)20-16-31/h15-22,30,35-39H,23-29H2,1-14H3/t30-,35+,36+,37-,38-,39-,42+/m1/s1. The van der Waals surface area contributed by atoms with E-state index in [2.05, 4.69) is 81.6 Å². The highest BCUT2D eigenvalue weighted by Gasteiger charge is 2.55. The first-order valence-corrected chi connectivity index (χ1v) is 25.1. The van der Waals surface area contributed by atoms with Crippen LogP contribution in [0.3, 0.4) is 0 Å². The van der Waals surface area contributed by atoms with E-state index < -0.39 is 22.2 Å². The molecule has 2 saturated heterocycles. The average molecular weight is 759 g/mol. The van der Waals surface area contributed by atoms with Crippen molar-refractivity contribution in [3.63, 3.8) is 0 Å². The van der Waals surface area contributed by atoms with Crippen LogP contribution in [0.25, 0.3) is 0 Å². The molecule has 0 unspecified atom stereocenters. The summed E-state index contributed by atoms with van der Waals surface area (Å²) in [6, 6.07) is 16.0. The quantitative estimate of drug-likeness (QED) is 0.157. The van der Waals surface area contributed by atoms with Gasteiger partial charge in [-0.05, 0) is 90.9 Å². The van der Waals surface area contributed by atoms with Gasteiger partial charge in [-0.15, -0.1) is 0 Å². The van der Waals surface area contributed by atoms with Gasteiger partial charge in [0.15, 0.2) is 16.6 Å². The minimum absolute atomic E-state index is 0.0675. The zero-order chi connectivity index (χ0) is 38.5. The van der Waals surface area contributed by atoms with E-state index in [1.54, 1.807) is 14.2 Å². The predicted molar refractivity (Wildman–Crippen MR) is 214 cm³/mol. The lowest BCUT2D eigenvalue weighted by Crippen LogP contribution is -2.65. The number of hydrogen-bond donors (Lipinski definition) is 0. The third-order valence-electron chi connectivity index (χ3n) is 12.1. The summed E-state index contributed by atoms with van der Waals surface area (Å²) in [5.74, 6) is 1.97. The summed E-state index contributed by atoms with van der Waals surface area (Å²) >= 11 is 0. The molecule has 7 atom stereocenters. The van der Waals surface area contributed by atoms with E-state index in [9.17, 15) is 0 Å². The van der Waals surface area contributed by atoms with Crippen LogP contribution in [-0.4, -0.2) is 80.2 Å². The van der Waals surface area contributed by atoms with Gasteiger partial charge in [0, 0.05) is 19.4 Å². The van der Waals surface area contributed by atoms with Crippen LogP contribution in [0.4, 0.5) is 0 Å². The number of hydrogen-bond acceptors (Lipinski definition) is 8. The zero-order valence-corrected chi connectivity index (χ0v) is 36.8. The summed E-state index contributed by atoms with van der Waals surface area (Å²) < 4.78 is 51.9. The Hall–Kier alpha value is -1.77. The van der Waals surface area contributed by atoms with Gasteiger partial charge in [-0.3, -0.25) is 0 Å². The molecule has 0 N–H and O–H groups in total. The fourth-order valence-corrected chi connectivity index (χ4v) is 8.97. The SMILES string of the molecule is COc1ccc(COC[C@H]2O[C@@]3(C)C[C@@H](O[Si](C)(C)C(C)(C)C)[C@H](C[C@@H](C)CO[Si](C)(C)C(C)(C)C)O[C@@H]3C[C@@H]2OCc2ccc(OC)cc2)cc1. The Bertz CT molecular complexity index is 1380. The Balaban J connectivity index is 1.55. The van der Waals surface area contributed by atoms with Crippen LogP contribution in [0.5, 0.6) is 11.5 Å². The van der Waals surface area contributed by atoms with Gasteiger partial charge < -0.3 is 37.3 Å². The topological polar surface area (TPSA) is 73.8 Å². The molecule has 0 aliphatic carbocycles. The molecule has 0 aromatic heterocycles. The van der Waals surface area contributed by atoms with Crippen LogP contribution in [0.1, 0.15) is 85.8 Å². The van der Waals surface area contributed by atoms with Crippen molar-refractivity contribution in [1.82, 2.24) is 0 Å². The molecular weight excluding hydrogens is 689 g/mol. The molecule has 8 nitrogen and oxygen atoms in total. The van der Waals surface area contributed by atoms with Crippen molar-refractivity contribution in [3.8, 4) is 11.5 Å². The monoisotopic (exact) mass is 758 g/mol. The lowest BCUT2D eigenvalue weighted by atomic mass is 9.79. The van der Waals surface area contributed by atoms with Crippen LogP contribution in [0.15, 0.2) is 48.5 Å². The third-order valence-corrected chi connectivity index (χ3v) is 21.1. The second-order valence-corrected chi connectivity index (χ2v) is 28.0. The van der Waals surface area contributed by atoms with Crippen molar-refractivity contribution < 1.29 is 37.3 Å². The van der Waals surface area contributed by atoms with Gasteiger partial charge in [-0.2, -0.15) is 0 Å². The van der Waals surface area contributed by atoms with Crippen LogP contribution in [0, 0.1) is 5.92 Å². The van der Waals surface area contributed by atoms with Gasteiger partial charge in [-0.1, -0.05) is 72.7 Å². The number of methoxy groups -OCH3 is 2. The van der Waals surface area contributed by atoms with Gasteiger partial charge in [0.1, 0.15) is 17.6 Å². The van der Waals surface area contributed by atoms with Gasteiger partial charge >= 0.3 is 0 Å². The van der Waals surface area contributed by atoms with E-state index >= 15 is 0 Å². The lowest BCUT2D eigenvalue weighted by molar-refractivity contribution is -0.297. The molecule has 294 valence electrons. The maximum atomic E-state index is 7.23. The molecule has 2 aliphatic rings. The molecule has 10 heteroatoms. The van der Waals surface area contributed by atoms with Gasteiger partial charge in [0.25, 0.3) is 0 Å². The van der Waals surface area contributed by atoms with Gasteiger partial charge in [0.05, 0.1) is 64.1 Å². The number of benzene rings is 2. The highest BCUT2D eigenvalue weighted by atomic mass is 28.4. The molecule has 0 radical (unpaired) electrons. The van der Waals surface area contributed by atoms with Gasteiger partial charge in [0.2, 0.25) is 0 Å². The average Bonchev–Trinajstić information content (AvgIpc) is 3.06. The Morgan fingerprint density at radius 1 is 0.769 bits per heavy atom. The molecule has 2 fully saturated rings. The fraction of sp³-hybridized carbons (Fsp3) is 0.714. The van der Waals surface area contributed by atoms with E-state index in [-0.39, 0.29) is 40.6 Å². The van der Waals surface area contributed by atoms with E-state index in [0.29, 0.717) is 32.2 Å². The van der Waals surface area contributed by atoms with Crippen molar-refractivity contribution in [2.45, 2.75) is 160 Å². The molecular formula is C42H70O8Si2. The van der Waals surface area contributed by atoms with Crippen molar-refractivity contribution in [2.75, 3.05) is 27.4 Å². The molecule has 2 heterocycles. The molecule has 0 saturated carbocycles. The van der Waals surface area contributed by atoms with Crippen molar-refractivity contribution in [2.24, 2.45) is 5.92 Å². The summed E-state index contributed by atoms with van der Waals surface area (Å²) in [5, 5.41) is 0.233. The molecule has 0 spiro atoms. The first kappa shape index (κ1) is 43.0. The second kappa shape index (κ2) is 17.4. The first-order chi connectivity index (χ1) is 24.2. The number of ether oxygens (including phenoxy) is 6. The smallest absolute Gasteiger partial charge is 0.192 e. The highest BCUT2D eigenvalue weighted by molar-refractivity contribution is 6.74. The summed E-state index contributed by atoms with van der Waals surface area (Å²) in [7, 11) is -0.648. The van der Waals surface area contributed by atoms with Crippen molar-refractivity contribution in [1.29, 1.82) is 0 Å². The van der Waals surface area contributed by atoms with E-state index in [1.807, 2.05) is 48.5 Å². The molecule has 2 aromatic rings. The van der Waals surface area contributed by atoms with E-state index in [4.69, 9.17) is 37.3 Å². The van der Waals surface area contributed by atoms with Gasteiger partial charge in [-0.25, -0.2) is 0 Å². The van der Waals surface area contributed by atoms with Crippen LogP contribution < -0.4 is 9.47 Å². The third kappa shape index (κ3) is 11.2. The molecule has 2 aromatic carbocycles. The van der Waals surface area contributed by atoms with E-state index in [1.165, 1.54) is 0 Å². The normalized spacial score (nSPS) is 26.5. The Labute approximate surface area is 317 Å². The molecule has 4 rings (SSSR count). The maximum Gasteiger partial charge on any atom is 0.192 e. The van der Waals surface area contributed by atoms with Crippen LogP contribution >= 0.6 is 0 Å². The maximum absolute atomic E-state index is 7.23. The number of fused-ring (bicyclic) bond motifs is 1. The highest BCUT2D eigenvalue weighted by Crippen LogP contribution is 2.46. The molecule has 0 bridgehead atoms. The molecule has 0 amide bonds. The van der Waals surface area contributed by atoms with Crippen LogP contribution in [-0.2, 0) is 41.0 Å². The van der Waals surface area contributed by atoms with Crippen LogP contribution in [0.2, 0.25) is 36.3 Å². The largest absolute Gasteiger partial charge is 0.497 e. The number of rotatable bonds is 16. The fourth-order valence-electron chi connectivity index (χ4n) is 6.49. The summed E-state index contributed by atoms with van der Waals surface area (Å²) in [4.78, 5) is 0. The van der Waals surface area contributed by atoms with Crippen molar-refractivity contribution in [3.05, 3.63) is 59.7 Å². The predicted octanol–water partition coefficient (Wildman–Crippen LogP) is 9.95. The second-order valence-electron chi connectivity index (χ2n) is 18.5. The Kier molecular flexibility index (Phi) is 14.3. The Morgan fingerprint density at radius 3 is 1.83 bits per heavy atom. The minimum atomic E-state index is -2.13. The molecule has 2 aliphatic heterocycles. The first-order valence-electron chi connectivity index (χ1n) is 19.3. The summed E-state index contributed by atoms with van der Waals surface area (Å²) in [5.41, 5.74) is 1.60. The summed E-state index contributed by atoms with van der Waals surface area (Å²) in [6.07, 6.45) is 1.54. The zero-order valence-electron chi connectivity index (χ0n) is 34.8.